The quantitative estimate of drug-likeness (QED) is 0.670. The van der Waals surface area contributed by atoms with E-state index in [0.717, 1.165) is 10.7 Å². The Balaban J connectivity index is 2.00. The van der Waals surface area contributed by atoms with Crippen LogP contribution in [0.4, 0.5) is 0 Å². The van der Waals surface area contributed by atoms with E-state index in [1.165, 1.54) is 10.9 Å². The summed E-state index contributed by atoms with van der Waals surface area (Å²) < 4.78 is 3.65. The molecule has 0 aromatic carbocycles. The van der Waals surface area contributed by atoms with Crippen molar-refractivity contribution in [1.82, 2.24) is 18.9 Å². The van der Waals surface area contributed by atoms with Crippen molar-refractivity contribution in [3.05, 3.63) is 49.8 Å². The van der Waals surface area contributed by atoms with Crippen LogP contribution in [0.2, 0.25) is 5.15 Å². The number of fused-ring (bicyclic) bond motifs is 1. The van der Waals surface area contributed by atoms with Gasteiger partial charge in [0.1, 0.15) is 4.47 Å². The van der Waals surface area contributed by atoms with Crippen LogP contribution in [0.25, 0.3) is 4.96 Å². The first-order valence-electron chi connectivity index (χ1n) is 4.96. The topological polar surface area (TPSA) is 52.2 Å². The summed E-state index contributed by atoms with van der Waals surface area (Å²) in [6.45, 7) is 0.371. The second-order valence-corrected chi connectivity index (χ2v) is 5.63. The molecule has 0 bridgehead atoms. The van der Waals surface area contributed by atoms with Crippen LogP contribution in [0.5, 0.6) is 0 Å². The molecule has 92 valence electrons. The van der Waals surface area contributed by atoms with Gasteiger partial charge in [0.05, 0.1) is 18.6 Å². The Kier molecular flexibility index (Phi) is 2.96. The van der Waals surface area contributed by atoms with Gasteiger partial charge in [-0.1, -0.05) is 11.6 Å². The molecular weight excluding hydrogens is 340 g/mol. The van der Waals surface area contributed by atoms with Crippen molar-refractivity contribution in [3.63, 3.8) is 0 Å². The lowest BCUT2D eigenvalue weighted by molar-refractivity contribution is 0.718. The molecule has 0 radical (unpaired) electrons. The number of halogens is 2. The predicted octanol–water partition coefficient (Wildman–Crippen LogP) is 2.42. The number of rotatable bonds is 2. The van der Waals surface area contributed by atoms with E-state index < -0.39 is 0 Å². The summed E-state index contributed by atoms with van der Waals surface area (Å²) in [6.07, 6.45) is 5.24. The number of nitrogens with zero attached hydrogens (tertiary/aromatic N) is 4. The highest BCUT2D eigenvalue weighted by Gasteiger charge is 2.09. The standard InChI is InChI=1S/C10H6BrClN4OS/c11-7-8(12)13-5-16(9(7)17)4-6-3-15-1-2-18-10(15)14-6/h1-3,5H,4H2. The molecule has 3 heterocycles. The lowest BCUT2D eigenvalue weighted by Crippen LogP contribution is -2.22. The van der Waals surface area contributed by atoms with Gasteiger partial charge in [-0.2, -0.15) is 0 Å². The molecule has 0 aliphatic carbocycles. The third-order valence-electron chi connectivity index (χ3n) is 2.42. The maximum Gasteiger partial charge on any atom is 0.269 e. The molecule has 8 heteroatoms. The Bertz CT molecular complexity index is 749. The smallest absolute Gasteiger partial charge is 0.269 e. The van der Waals surface area contributed by atoms with Crippen LogP contribution in [-0.2, 0) is 6.54 Å². The molecule has 0 amide bonds. The zero-order valence-electron chi connectivity index (χ0n) is 8.88. The van der Waals surface area contributed by atoms with E-state index in [-0.39, 0.29) is 15.2 Å². The highest BCUT2D eigenvalue weighted by molar-refractivity contribution is 9.10. The minimum atomic E-state index is -0.216. The van der Waals surface area contributed by atoms with Gasteiger partial charge >= 0.3 is 0 Å². The molecule has 0 N–H and O–H groups in total. The molecule has 0 atom stereocenters. The van der Waals surface area contributed by atoms with E-state index >= 15 is 0 Å². The molecule has 0 aliphatic rings. The first-order valence-corrected chi connectivity index (χ1v) is 7.02. The van der Waals surface area contributed by atoms with Crippen molar-refractivity contribution in [3.8, 4) is 0 Å². The van der Waals surface area contributed by atoms with E-state index in [4.69, 9.17) is 11.6 Å². The van der Waals surface area contributed by atoms with Crippen molar-refractivity contribution in [2.45, 2.75) is 6.54 Å². The monoisotopic (exact) mass is 344 g/mol. The van der Waals surface area contributed by atoms with Gasteiger partial charge in [0.15, 0.2) is 10.1 Å². The summed E-state index contributed by atoms with van der Waals surface area (Å²) in [5, 5.41) is 2.13. The fourth-order valence-electron chi connectivity index (χ4n) is 1.58. The van der Waals surface area contributed by atoms with Crippen LogP contribution < -0.4 is 5.56 Å². The van der Waals surface area contributed by atoms with Gasteiger partial charge in [0.2, 0.25) is 0 Å². The minimum Gasteiger partial charge on any atom is -0.297 e. The zero-order chi connectivity index (χ0) is 12.7. The first-order chi connectivity index (χ1) is 8.65. The number of aromatic nitrogens is 4. The summed E-state index contributed by atoms with van der Waals surface area (Å²) in [6, 6.07) is 0. The second-order valence-electron chi connectivity index (χ2n) is 3.61. The van der Waals surface area contributed by atoms with Crippen molar-refractivity contribution in [1.29, 1.82) is 0 Å². The lowest BCUT2D eigenvalue weighted by atomic mass is 10.4. The lowest BCUT2D eigenvalue weighted by Gasteiger charge is -2.03. The zero-order valence-corrected chi connectivity index (χ0v) is 12.0. The largest absolute Gasteiger partial charge is 0.297 e. The Hall–Kier alpha value is -1.18. The normalized spacial score (nSPS) is 11.2. The maximum absolute atomic E-state index is 11.9. The van der Waals surface area contributed by atoms with E-state index in [2.05, 4.69) is 25.9 Å². The van der Waals surface area contributed by atoms with Gasteiger partial charge in [0.25, 0.3) is 5.56 Å². The molecule has 0 spiro atoms. The van der Waals surface area contributed by atoms with E-state index in [0.29, 0.717) is 6.54 Å². The first kappa shape index (κ1) is 11.9. The Morgan fingerprint density at radius 2 is 2.33 bits per heavy atom. The second kappa shape index (κ2) is 4.49. The Morgan fingerprint density at radius 3 is 3.11 bits per heavy atom. The number of imidazole rings is 1. The van der Waals surface area contributed by atoms with Crippen molar-refractivity contribution >= 4 is 43.8 Å². The van der Waals surface area contributed by atoms with Crippen LogP contribution in [-0.4, -0.2) is 18.9 Å². The molecule has 3 rings (SSSR count). The van der Waals surface area contributed by atoms with E-state index in [1.807, 2.05) is 22.2 Å². The average Bonchev–Trinajstić information content (AvgIpc) is 2.90. The van der Waals surface area contributed by atoms with Crippen LogP contribution in [0.1, 0.15) is 5.69 Å². The third kappa shape index (κ3) is 1.98. The average molecular weight is 346 g/mol. The fraction of sp³-hybridized carbons (Fsp3) is 0.100. The summed E-state index contributed by atoms with van der Waals surface area (Å²) in [5.41, 5.74) is 0.589. The van der Waals surface area contributed by atoms with Crippen LogP contribution in [0.15, 0.2) is 33.4 Å². The van der Waals surface area contributed by atoms with Crippen LogP contribution >= 0.6 is 38.9 Å². The van der Waals surface area contributed by atoms with Crippen LogP contribution in [0, 0.1) is 0 Å². The number of hydrogen-bond donors (Lipinski definition) is 0. The van der Waals surface area contributed by atoms with E-state index in [1.54, 1.807) is 11.3 Å². The molecule has 3 aromatic heterocycles. The molecule has 0 fully saturated rings. The number of thiazole rings is 1. The molecule has 18 heavy (non-hydrogen) atoms. The maximum atomic E-state index is 11.9. The Labute approximate surface area is 119 Å². The summed E-state index contributed by atoms with van der Waals surface area (Å²) in [7, 11) is 0. The third-order valence-corrected chi connectivity index (χ3v) is 4.42. The van der Waals surface area contributed by atoms with Gasteiger partial charge in [-0.25, -0.2) is 9.97 Å². The highest BCUT2D eigenvalue weighted by atomic mass is 79.9. The number of hydrogen-bond acceptors (Lipinski definition) is 4. The van der Waals surface area contributed by atoms with Gasteiger partial charge < -0.3 is 0 Å². The molecule has 3 aromatic rings. The van der Waals surface area contributed by atoms with Gasteiger partial charge in [-0.15, -0.1) is 11.3 Å². The highest BCUT2D eigenvalue weighted by Crippen LogP contribution is 2.15. The Morgan fingerprint density at radius 1 is 1.50 bits per heavy atom. The molecule has 0 saturated carbocycles. The summed E-state index contributed by atoms with van der Waals surface area (Å²) in [5.74, 6) is 0. The summed E-state index contributed by atoms with van der Waals surface area (Å²) >= 11 is 10.4. The van der Waals surface area contributed by atoms with Crippen LogP contribution in [0.3, 0.4) is 0 Å². The van der Waals surface area contributed by atoms with Gasteiger partial charge in [-0.05, 0) is 15.9 Å². The summed E-state index contributed by atoms with van der Waals surface area (Å²) in [4.78, 5) is 21.1. The molecule has 0 aliphatic heterocycles. The predicted molar refractivity (Wildman–Crippen MR) is 73.4 cm³/mol. The fourth-order valence-corrected chi connectivity index (χ4v) is 2.76. The minimum absolute atomic E-state index is 0.169. The molecule has 0 saturated heterocycles. The molecular formula is C10H6BrClN4OS. The van der Waals surface area contributed by atoms with Crippen molar-refractivity contribution < 1.29 is 0 Å². The molecule has 0 unspecified atom stereocenters. The van der Waals surface area contributed by atoms with Gasteiger partial charge in [0, 0.05) is 17.8 Å². The SMILES string of the molecule is O=c1c(Br)c(Cl)ncn1Cc1cn2ccsc2n1. The van der Waals surface area contributed by atoms with Crippen molar-refractivity contribution in [2.75, 3.05) is 0 Å². The molecule has 5 nitrogen and oxygen atoms in total. The van der Waals surface area contributed by atoms with Crippen molar-refractivity contribution in [2.24, 2.45) is 0 Å². The van der Waals surface area contributed by atoms with E-state index in [9.17, 15) is 4.79 Å². The van der Waals surface area contributed by atoms with Gasteiger partial charge in [-0.3, -0.25) is 13.8 Å².